The standard InChI is InChI=1S/C17H16INO/c18-15-6-1-2-7-16(15)19-17(20)11-12-8-9-13-4-3-5-14(13)10-12/h1-2,6-10H,3-5,11H2,(H,19,20). The van der Waals surface area contributed by atoms with Gasteiger partial charge in [-0.25, -0.2) is 0 Å². The van der Waals surface area contributed by atoms with Crippen LogP contribution in [0, 0.1) is 3.57 Å². The monoisotopic (exact) mass is 377 g/mol. The Kier molecular flexibility index (Phi) is 4.05. The average Bonchev–Trinajstić information content (AvgIpc) is 2.89. The molecule has 2 aromatic rings. The molecule has 3 heteroatoms. The van der Waals surface area contributed by atoms with Crippen LogP contribution in [0.3, 0.4) is 0 Å². The molecule has 0 saturated heterocycles. The summed E-state index contributed by atoms with van der Waals surface area (Å²) >= 11 is 2.23. The second kappa shape index (κ2) is 5.95. The molecule has 0 radical (unpaired) electrons. The second-order valence-corrected chi connectivity index (χ2v) is 6.32. The van der Waals surface area contributed by atoms with Crippen LogP contribution in [0.25, 0.3) is 0 Å². The smallest absolute Gasteiger partial charge is 0.228 e. The minimum absolute atomic E-state index is 0.0482. The summed E-state index contributed by atoms with van der Waals surface area (Å²) in [6.07, 6.45) is 4.02. The van der Waals surface area contributed by atoms with Gasteiger partial charge in [-0.15, -0.1) is 0 Å². The topological polar surface area (TPSA) is 29.1 Å². The molecule has 0 aliphatic heterocycles. The minimum Gasteiger partial charge on any atom is -0.325 e. The summed E-state index contributed by atoms with van der Waals surface area (Å²) in [5.41, 5.74) is 4.87. The van der Waals surface area contributed by atoms with Gasteiger partial charge >= 0.3 is 0 Å². The first-order valence-corrected chi connectivity index (χ1v) is 7.95. The second-order valence-electron chi connectivity index (χ2n) is 5.16. The molecule has 0 aromatic heterocycles. The molecule has 0 bridgehead atoms. The maximum absolute atomic E-state index is 12.1. The predicted octanol–water partition coefficient (Wildman–Crippen LogP) is 3.96. The van der Waals surface area contributed by atoms with Crippen molar-refractivity contribution in [3.63, 3.8) is 0 Å². The number of fused-ring (bicyclic) bond motifs is 1. The number of amides is 1. The molecule has 3 rings (SSSR count). The SMILES string of the molecule is O=C(Cc1ccc2c(c1)CCC2)Nc1ccccc1I. The number of nitrogens with one attached hydrogen (secondary N) is 1. The third-order valence-corrected chi connectivity index (χ3v) is 4.62. The van der Waals surface area contributed by atoms with E-state index in [1.807, 2.05) is 24.3 Å². The molecule has 20 heavy (non-hydrogen) atoms. The lowest BCUT2D eigenvalue weighted by Gasteiger charge is -2.08. The van der Waals surface area contributed by atoms with Crippen LogP contribution in [0.1, 0.15) is 23.1 Å². The number of hydrogen-bond acceptors (Lipinski definition) is 1. The van der Waals surface area contributed by atoms with E-state index in [1.54, 1.807) is 0 Å². The number of rotatable bonds is 3. The van der Waals surface area contributed by atoms with Crippen molar-refractivity contribution in [3.05, 3.63) is 62.7 Å². The summed E-state index contributed by atoms with van der Waals surface area (Å²) in [4.78, 5) is 12.1. The fraction of sp³-hybridized carbons (Fsp3) is 0.235. The zero-order valence-electron chi connectivity index (χ0n) is 11.2. The van der Waals surface area contributed by atoms with Gasteiger partial charge in [0.25, 0.3) is 0 Å². The number of hydrogen-bond donors (Lipinski definition) is 1. The summed E-state index contributed by atoms with van der Waals surface area (Å²) in [5.74, 6) is 0.0482. The number of benzene rings is 2. The molecule has 1 amide bonds. The van der Waals surface area contributed by atoms with E-state index in [-0.39, 0.29) is 5.91 Å². The number of carbonyl (C=O) groups excluding carboxylic acids is 1. The summed E-state index contributed by atoms with van der Waals surface area (Å²) < 4.78 is 1.06. The summed E-state index contributed by atoms with van der Waals surface area (Å²) in [5, 5.41) is 2.98. The molecule has 0 saturated carbocycles. The average molecular weight is 377 g/mol. The van der Waals surface area contributed by atoms with Gasteiger partial charge in [0.15, 0.2) is 0 Å². The van der Waals surface area contributed by atoms with Crippen LogP contribution in [-0.2, 0) is 24.1 Å². The van der Waals surface area contributed by atoms with Crippen molar-refractivity contribution in [1.29, 1.82) is 0 Å². The fourth-order valence-corrected chi connectivity index (χ4v) is 3.20. The van der Waals surface area contributed by atoms with Gasteiger partial charge in [0.1, 0.15) is 0 Å². The highest BCUT2D eigenvalue weighted by Crippen LogP contribution is 2.23. The Morgan fingerprint density at radius 3 is 2.75 bits per heavy atom. The predicted molar refractivity (Wildman–Crippen MR) is 90.0 cm³/mol. The van der Waals surface area contributed by atoms with Crippen molar-refractivity contribution in [2.45, 2.75) is 25.7 Å². The van der Waals surface area contributed by atoms with Crippen LogP contribution >= 0.6 is 22.6 Å². The number of anilines is 1. The van der Waals surface area contributed by atoms with E-state index in [1.165, 1.54) is 24.0 Å². The van der Waals surface area contributed by atoms with E-state index in [0.717, 1.165) is 21.2 Å². The molecule has 0 fully saturated rings. The van der Waals surface area contributed by atoms with Crippen LogP contribution < -0.4 is 5.32 Å². The summed E-state index contributed by atoms with van der Waals surface area (Å²) in [7, 11) is 0. The van der Waals surface area contributed by atoms with Gasteiger partial charge in [0.05, 0.1) is 12.1 Å². The van der Waals surface area contributed by atoms with Crippen molar-refractivity contribution in [2.24, 2.45) is 0 Å². The third-order valence-electron chi connectivity index (χ3n) is 3.68. The zero-order valence-corrected chi connectivity index (χ0v) is 13.3. The Hall–Kier alpha value is -1.36. The molecule has 2 aromatic carbocycles. The van der Waals surface area contributed by atoms with Crippen LogP contribution in [0.2, 0.25) is 0 Å². The molecule has 0 unspecified atom stereocenters. The van der Waals surface area contributed by atoms with Crippen molar-refractivity contribution >= 4 is 34.2 Å². The zero-order chi connectivity index (χ0) is 13.9. The van der Waals surface area contributed by atoms with Gasteiger partial charge in [-0.05, 0) is 70.7 Å². The van der Waals surface area contributed by atoms with E-state index < -0.39 is 0 Å². The van der Waals surface area contributed by atoms with Crippen LogP contribution in [0.15, 0.2) is 42.5 Å². The van der Waals surface area contributed by atoms with Crippen LogP contribution in [-0.4, -0.2) is 5.91 Å². The first kappa shape index (κ1) is 13.6. The minimum atomic E-state index is 0.0482. The van der Waals surface area contributed by atoms with Gasteiger partial charge < -0.3 is 5.32 Å². The molecule has 1 aliphatic carbocycles. The van der Waals surface area contributed by atoms with Crippen molar-refractivity contribution in [1.82, 2.24) is 0 Å². The van der Waals surface area contributed by atoms with Crippen molar-refractivity contribution < 1.29 is 4.79 Å². The van der Waals surface area contributed by atoms with Crippen LogP contribution in [0.4, 0.5) is 5.69 Å². The lowest BCUT2D eigenvalue weighted by Crippen LogP contribution is -2.15. The van der Waals surface area contributed by atoms with E-state index in [0.29, 0.717) is 6.42 Å². The molecule has 2 nitrogen and oxygen atoms in total. The van der Waals surface area contributed by atoms with Gasteiger partial charge in [-0.1, -0.05) is 30.3 Å². The van der Waals surface area contributed by atoms with Crippen LogP contribution in [0.5, 0.6) is 0 Å². The molecule has 0 atom stereocenters. The Bertz CT molecular complexity index is 651. The fourth-order valence-electron chi connectivity index (χ4n) is 2.68. The molecule has 0 spiro atoms. The van der Waals surface area contributed by atoms with E-state index in [2.05, 4.69) is 46.1 Å². The Balaban J connectivity index is 1.69. The molecular weight excluding hydrogens is 361 g/mol. The highest BCUT2D eigenvalue weighted by atomic mass is 127. The maximum Gasteiger partial charge on any atom is 0.228 e. The molecular formula is C17H16INO. The summed E-state index contributed by atoms with van der Waals surface area (Å²) in [6, 6.07) is 14.3. The van der Waals surface area contributed by atoms with E-state index in [4.69, 9.17) is 0 Å². The van der Waals surface area contributed by atoms with Gasteiger partial charge in [0.2, 0.25) is 5.91 Å². The Morgan fingerprint density at radius 2 is 1.90 bits per heavy atom. The first-order valence-electron chi connectivity index (χ1n) is 6.87. The highest BCUT2D eigenvalue weighted by molar-refractivity contribution is 14.1. The Morgan fingerprint density at radius 1 is 1.10 bits per heavy atom. The van der Waals surface area contributed by atoms with Gasteiger partial charge in [-0.2, -0.15) is 0 Å². The van der Waals surface area contributed by atoms with E-state index in [9.17, 15) is 4.79 Å². The van der Waals surface area contributed by atoms with E-state index >= 15 is 0 Å². The normalized spacial score (nSPS) is 13.1. The third kappa shape index (κ3) is 3.03. The maximum atomic E-state index is 12.1. The first-order chi connectivity index (χ1) is 9.72. The van der Waals surface area contributed by atoms with Crippen molar-refractivity contribution in [3.8, 4) is 0 Å². The largest absolute Gasteiger partial charge is 0.325 e. The molecule has 1 N–H and O–H groups in total. The lowest BCUT2D eigenvalue weighted by atomic mass is 10.0. The Labute approximate surface area is 132 Å². The highest BCUT2D eigenvalue weighted by Gasteiger charge is 2.12. The number of aryl methyl sites for hydroxylation is 2. The van der Waals surface area contributed by atoms with Crippen molar-refractivity contribution in [2.75, 3.05) is 5.32 Å². The number of halogens is 1. The number of carbonyl (C=O) groups is 1. The molecule has 102 valence electrons. The lowest BCUT2D eigenvalue weighted by molar-refractivity contribution is -0.115. The molecule has 1 aliphatic rings. The summed E-state index contributed by atoms with van der Waals surface area (Å²) in [6.45, 7) is 0. The van der Waals surface area contributed by atoms with Gasteiger partial charge in [0, 0.05) is 3.57 Å². The van der Waals surface area contributed by atoms with Gasteiger partial charge in [-0.3, -0.25) is 4.79 Å². The quantitative estimate of drug-likeness (QED) is 0.807. The number of para-hydroxylation sites is 1. The molecule has 0 heterocycles.